The fourth-order valence-corrected chi connectivity index (χ4v) is 6.87. The molecule has 4 N–H and O–H groups in total. The molecule has 2 fully saturated rings. The fourth-order valence-electron chi connectivity index (χ4n) is 6.87. The molecule has 5 atom stereocenters. The number of nitrogens with zero attached hydrogens (tertiary/aromatic N) is 3. The lowest BCUT2D eigenvalue weighted by Gasteiger charge is -2.33. The summed E-state index contributed by atoms with van der Waals surface area (Å²) in [6.45, 7) is 16.2. The van der Waals surface area contributed by atoms with Crippen molar-refractivity contribution in [3.63, 3.8) is 0 Å². The zero-order chi connectivity index (χ0) is 38.5. The molecule has 284 valence electrons. The summed E-state index contributed by atoms with van der Waals surface area (Å²) in [6, 6.07) is 14.3. The molecule has 5 rings (SSSR count). The van der Waals surface area contributed by atoms with Gasteiger partial charge in [-0.05, 0) is 37.1 Å². The largest absolute Gasteiger partial charge is 0.497 e. The van der Waals surface area contributed by atoms with Crippen molar-refractivity contribution < 1.29 is 33.8 Å². The van der Waals surface area contributed by atoms with Crippen LogP contribution in [0.1, 0.15) is 47.5 Å². The van der Waals surface area contributed by atoms with E-state index in [1.54, 1.807) is 13.2 Å². The number of urea groups is 1. The summed E-state index contributed by atoms with van der Waals surface area (Å²) < 4.78 is 12.1. The lowest BCUT2D eigenvalue weighted by atomic mass is 9.86. The number of ether oxygens (including phenoxy) is 2. The molecule has 0 spiro atoms. The number of aromatic nitrogens is 1. The Labute approximate surface area is 311 Å². The molecule has 1 saturated carbocycles. The number of hydrogen-bond acceptors (Lipinski definition) is 8. The molecule has 53 heavy (non-hydrogen) atoms. The molecule has 2 heterocycles. The average Bonchev–Trinajstić information content (AvgIpc) is 3.70. The minimum absolute atomic E-state index is 0.00401. The molecule has 1 aromatic heterocycles. The molecule has 1 aliphatic heterocycles. The summed E-state index contributed by atoms with van der Waals surface area (Å²) in [4.78, 5) is 62.4. The van der Waals surface area contributed by atoms with Gasteiger partial charge in [0.05, 0.1) is 24.9 Å². The minimum atomic E-state index is -1.50. The van der Waals surface area contributed by atoms with Gasteiger partial charge in [0.25, 0.3) is 0 Å². The molecule has 0 radical (unpaired) electrons. The Morgan fingerprint density at radius 2 is 1.83 bits per heavy atom. The third-order valence-corrected chi connectivity index (χ3v) is 10.2. The van der Waals surface area contributed by atoms with Crippen molar-refractivity contribution in [2.45, 2.75) is 71.2 Å². The van der Waals surface area contributed by atoms with Gasteiger partial charge in [0.15, 0.2) is 0 Å². The van der Waals surface area contributed by atoms with Gasteiger partial charge in [-0.1, -0.05) is 71.0 Å². The molecule has 13 nitrogen and oxygen atoms in total. The van der Waals surface area contributed by atoms with Crippen LogP contribution in [-0.4, -0.2) is 107 Å². The van der Waals surface area contributed by atoms with Crippen molar-refractivity contribution >= 4 is 34.7 Å². The second kappa shape index (κ2) is 16.2. The topological polar surface area (TPSA) is 162 Å². The summed E-state index contributed by atoms with van der Waals surface area (Å²) in [5.41, 5.74) is -0.00318. The maximum atomic E-state index is 14.2. The number of likely N-dealkylation sites (tertiary alicyclic amines) is 1. The van der Waals surface area contributed by atoms with E-state index in [-0.39, 0.29) is 25.3 Å². The van der Waals surface area contributed by atoms with E-state index in [4.69, 9.17) is 14.5 Å². The molecule has 0 bridgehead atoms. The monoisotopic (exact) mass is 728 g/mol. The Hall–Kier alpha value is -5.17. The second-order valence-electron chi connectivity index (χ2n) is 14.8. The molecular weight excluding hydrogens is 676 g/mol. The number of fused-ring (bicyclic) bond motifs is 1. The smallest absolute Gasteiger partial charge is 0.330 e. The average molecular weight is 729 g/mol. The van der Waals surface area contributed by atoms with Gasteiger partial charge in [-0.2, -0.15) is 0 Å². The van der Waals surface area contributed by atoms with Crippen molar-refractivity contribution in [2.75, 3.05) is 39.8 Å². The number of carboxylic acid groups (broad SMARTS) is 1. The van der Waals surface area contributed by atoms with Crippen LogP contribution in [0.5, 0.6) is 11.5 Å². The predicted molar refractivity (Wildman–Crippen MR) is 203 cm³/mol. The van der Waals surface area contributed by atoms with E-state index in [0.29, 0.717) is 41.2 Å². The lowest BCUT2D eigenvalue weighted by molar-refractivity contribution is -0.144. The van der Waals surface area contributed by atoms with Crippen LogP contribution in [0, 0.1) is 11.3 Å². The lowest BCUT2D eigenvalue weighted by Crippen LogP contribution is -2.59. The number of amides is 4. The van der Waals surface area contributed by atoms with Crippen LogP contribution < -0.4 is 25.4 Å². The summed E-state index contributed by atoms with van der Waals surface area (Å²) in [5.74, 6) is -1.45. The van der Waals surface area contributed by atoms with E-state index in [0.717, 1.165) is 18.7 Å². The van der Waals surface area contributed by atoms with E-state index in [2.05, 4.69) is 41.3 Å². The van der Waals surface area contributed by atoms with Crippen molar-refractivity contribution in [2.24, 2.45) is 11.3 Å². The number of rotatable bonds is 15. The van der Waals surface area contributed by atoms with E-state index >= 15 is 0 Å². The van der Waals surface area contributed by atoms with Gasteiger partial charge in [0.1, 0.15) is 35.2 Å². The first-order chi connectivity index (χ1) is 25.2. The summed E-state index contributed by atoms with van der Waals surface area (Å²) >= 11 is 0. The van der Waals surface area contributed by atoms with Crippen LogP contribution in [0.3, 0.4) is 0 Å². The number of aliphatic carboxylic acids is 1. The van der Waals surface area contributed by atoms with Crippen LogP contribution in [0.4, 0.5) is 4.79 Å². The number of benzene rings is 2. The second-order valence-corrected chi connectivity index (χ2v) is 14.8. The Bertz CT molecular complexity index is 1830. The molecule has 0 unspecified atom stereocenters. The number of nitrogens with one attached hydrogen (secondary N) is 3. The van der Waals surface area contributed by atoms with Crippen molar-refractivity contribution in [1.82, 2.24) is 30.7 Å². The molecule has 3 aromatic rings. The third-order valence-electron chi connectivity index (χ3n) is 10.2. The maximum absolute atomic E-state index is 14.2. The van der Waals surface area contributed by atoms with Gasteiger partial charge in [-0.15, -0.1) is 6.58 Å². The van der Waals surface area contributed by atoms with Gasteiger partial charge in [-0.25, -0.2) is 14.6 Å². The van der Waals surface area contributed by atoms with E-state index in [1.807, 2.05) is 69.3 Å². The highest BCUT2D eigenvalue weighted by atomic mass is 16.5. The third kappa shape index (κ3) is 8.73. The van der Waals surface area contributed by atoms with Crippen molar-refractivity contribution in [3.8, 4) is 22.8 Å². The standard InChI is InChI=1S/C40H52N6O7/c1-8-26-23-40(26,37(49)50)44-35(47)32-21-28(24-46(32)38(51)43-34(39(4,5)6)36(48)41-18-19-45(9-2)10-3)53-33-22-30(25-14-12-11-13-15-25)42-31-20-27(52-7)16-17-29(31)33/h8,11-17,20,22,26,28,32,34H,1,9-10,18-19,21,23-24H2,2-7H3,(H,41,48)(H,43,51)(H,44,47)(H,49,50)/t26-,28-,32+,34-,40-/m1/s1. The van der Waals surface area contributed by atoms with Crippen molar-refractivity contribution in [3.05, 3.63) is 67.3 Å². The molecule has 4 amide bonds. The Morgan fingerprint density at radius 3 is 2.43 bits per heavy atom. The SMILES string of the molecule is C=C[C@@H]1C[C@]1(NC(=O)[C@@H]1C[C@@H](Oc2cc(-c3ccccc3)nc3cc(OC)ccc23)CN1C(=O)N[C@H](C(=O)NCCN(CC)CC)C(C)(C)C)C(=O)O. The number of likely N-dealkylation sites (N-methyl/N-ethyl adjacent to an activating group) is 1. The van der Waals surface area contributed by atoms with Crippen LogP contribution in [0.15, 0.2) is 67.3 Å². The number of hydrogen-bond donors (Lipinski definition) is 4. The molecule has 13 heteroatoms. The van der Waals surface area contributed by atoms with Crippen LogP contribution in [0.25, 0.3) is 22.2 Å². The number of methoxy groups -OCH3 is 1. The van der Waals surface area contributed by atoms with E-state index < -0.39 is 53.0 Å². The highest BCUT2D eigenvalue weighted by Crippen LogP contribution is 2.45. The van der Waals surface area contributed by atoms with Crippen LogP contribution >= 0.6 is 0 Å². The Morgan fingerprint density at radius 1 is 1.11 bits per heavy atom. The summed E-state index contributed by atoms with van der Waals surface area (Å²) in [6.07, 6.45) is 1.12. The van der Waals surface area contributed by atoms with Gasteiger partial charge >= 0.3 is 12.0 Å². The van der Waals surface area contributed by atoms with Crippen LogP contribution in [-0.2, 0) is 14.4 Å². The number of carboxylic acids is 1. The molecular formula is C40H52N6O7. The zero-order valence-electron chi connectivity index (χ0n) is 31.5. The first-order valence-electron chi connectivity index (χ1n) is 18.2. The van der Waals surface area contributed by atoms with Gasteiger partial charge in [0, 0.05) is 48.5 Å². The van der Waals surface area contributed by atoms with Gasteiger partial charge in [-0.3, -0.25) is 9.59 Å². The van der Waals surface area contributed by atoms with E-state index in [9.17, 15) is 24.3 Å². The summed E-state index contributed by atoms with van der Waals surface area (Å²) in [5, 5.41) is 19.3. The van der Waals surface area contributed by atoms with Crippen LogP contribution in [0.2, 0.25) is 0 Å². The molecule has 2 aliphatic rings. The first-order valence-corrected chi connectivity index (χ1v) is 18.2. The number of carbonyl (C=O) groups is 4. The highest BCUT2D eigenvalue weighted by molar-refractivity contribution is 5.95. The van der Waals surface area contributed by atoms with Gasteiger partial charge < -0.3 is 40.3 Å². The number of pyridine rings is 1. The zero-order valence-corrected chi connectivity index (χ0v) is 31.5. The number of carbonyl (C=O) groups excluding carboxylic acids is 3. The first kappa shape index (κ1) is 39.0. The maximum Gasteiger partial charge on any atom is 0.330 e. The molecule has 1 aliphatic carbocycles. The quantitative estimate of drug-likeness (QED) is 0.166. The fraction of sp³-hybridized carbons (Fsp3) is 0.475. The van der Waals surface area contributed by atoms with Gasteiger partial charge in [0.2, 0.25) is 11.8 Å². The highest BCUT2D eigenvalue weighted by Gasteiger charge is 2.61. The normalized spacial score (nSPS) is 21.5. The molecule has 1 saturated heterocycles. The summed E-state index contributed by atoms with van der Waals surface area (Å²) in [7, 11) is 1.58. The van der Waals surface area contributed by atoms with E-state index in [1.165, 1.54) is 11.0 Å². The predicted octanol–water partition coefficient (Wildman–Crippen LogP) is 4.46. The Balaban J connectivity index is 1.44. The van der Waals surface area contributed by atoms with Crippen molar-refractivity contribution in [1.29, 1.82) is 0 Å². The molecule has 2 aromatic carbocycles. The Kier molecular flexibility index (Phi) is 12.0. The minimum Gasteiger partial charge on any atom is -0.497 e.